The average Bonchev–Trinajstić information content (AvgIpc) is 2.85. The lowest BCUT2D eigenvalue weighted by Gasteiger charge is -2.32. The Labute approximate surface area is 119 Å². The molecule has 2 aromatic heterocycles. The second kappa shape index (κ2) is 5.23. The van der Waals surface area contributed by atoms with Gasteiger partial charge in [-0.05, 0) is 39.7 Å². The van der Waals surface area contributed by atoms with Crippen LogP contribution in [-0.2, 0) is 0 Å². The Morgan fingerprint density at radius 1 is 1.20 bits per heavy atom. The summed E-state index contributed by atoms with van der Waals surface area (Å²) in [6, 6.07) is 2.01. The van der Waals surface area contributed by atoms with Crippen LogP contribution in [-0.4, -0.2) is 33.0 Å². The van der Waals surface area contributed by atoms with E-state index in [-0.39, 0.29) is 0 Å². The molecule has 2 aromatic rings. The molecule has 1 aliphatic rings. The van der Waals surface area contributed by atoms with E-state index in [2.05, 4.69) is 24.8 Å². The number of nitrogens with zero attached hydrogens (tertiary/aromatic N) is 4. The Kier molecular flexibility index (Phi) is 3.42. The third-order valence-electron chi connectivity index (χ3n) is 3.78. The highest BCUT2D eigenvalue weighted by atomic mass is 15.3. The van der Waals surface area contributed by atoms with Crippen LogP contribution in [0.5, 0.6) is 0 Å². The molecular formula is C15H21N5. The van der Waals surface area contributed by atoms with Crippen LogP contribution in [0.4, 0.5) is 5.95 Å². The molecule has 1 fully saturated rings. The summed E-state index contributed by atoms with van der Waals surface area (Å²) in [5, 5.41) is 0. The lowest BCUT2D eigenvalue weighted by atomic mass is 9.97. The zero-order valence-electron chi connectivity index (χ0n) is 12.3. The topological polar surface area (TPSA) is 57.7 Å². The van der Waals surface area contributed by atoms with E-state index in [4.69, 9.17) is 0 Å². The first kappa shape index (κ1) is 13.1. The van der Waals surface area contributed by atoms with Gasteiger partial charge in [-0.25, -0.2) is 15.0 Å². The summed E-state index contributed by atoms with van der Waals surface area (Å²) in [7, 11) is 0. The molecule has 0 bridgehead atoms. The maximum Gasteiger partial charge on any atom is 0.225 e. The third kappa shape index (κ3) is 2.66. The van der Waals surface area contributed by atoms with Crippen molar-refractivity contribution in [3.8, 4) is 0 Å². The number of aromatic amines is 1. The number of anilines is 1. The second-order valence-electron chi connectivity index (χ2n) is 5.69. The molecule has 0 amide bonds. The number of piperidine rings is 1. The minimum atomic E-state index is 0.446. The molecule has 1 saturated heterocycles. The zero-order valence-corrected chi connectivity index (χ0v) is 12.3. The van der Waals surface area contributed by atoms with Gasteiger partial charge in [0.2, 0.25) is 5.95 Å². The molecule has 3 rings (SSSR count). The van der Waals surface area contributed by atoms with E-state index in [1.54, 1.807) is 0 Å². The number of imidazole rings is 1. The van der Waals surface area contributed by atoms with E-state index in [9.17, 15) is 0 Å². The molecule has 106 valence electrons. The van der Waals surface area contributed by atoms with Gasteiger partial charge in [-0.3, -0.25) is 0 Å². The Bertz CT molecular complexity index is 584. The number of H-pyrrole nitrogens is 1. The predicted molar refractivity (Wildman–Crippen MR) is 79.0 cm³/mol. The molecule has 0 spiro atoms. The SMILES string of the molecule is Cc1cc(C)nc(N2CCC[C@H](c3ncc(C)[nH]3)C2)n1. The maximum absolute atomic E-state index is 4.58. The van der Waals surface area contributed by atoms with Crippen molar-refractivity contribution in [2.75, 3.05) is 18.0 Å². The first-order valence-corrected chi connectivity index (χ1v) is 7.20. The highest BCUT2D eigenvalue weighted by Gasteiger charge is 2.25. The predicted octanol–water partition coefficient (Wildman–Crippen LogP) is 2.51. The molecule has 0 aromatic carbocycles. The van der Waals surface area contributed by atoms with Crippen LogP contribution in [0, 0.1) is 20.8 Å². The van der Waals surface area contributed by atoms with E-state index in [1.165, 1.54) is 6.42 Å². The molecule has 5 nitrogen and oxygen atoms in total. The summed E-state index contributed by atoms with van der Waals surface area (Å²) in [5.41, 5.74) is 3.19. The smallest absolute Gasteiger partial charge is 0.225 e. The van der Waals surface area contributed by atoms with Crippen molar-refractivity contribution in [1.29, 1.82) is 0 Å². The van der Waals surface area contributed by atoms with Gasteiger partial charge in [0.05, 0.1) is 0 Å². The number of aryl methyl sites for hydroxylation is 3. The van der Waals surface area contributed by atoms with Crippen molar-refractivity contribution < 1.29 is 0 Å². The first-order valence-electron chi connectivity index (χ1n) is 7.20. The van der Waals surface area contributed by atoms with E-state index in [0.717, 1.165) is 48.4 Å². The molecule has 0 aliphatic carbocycles. The van der Waals surface area contributed by atoms with Gasteiger partial charge in [0.25, 0.3) is 0 Å². The molecule has 1 N–H and O–H groups in total. The minimum Gasteiger partial charge on any atom is -0.346 e. The van der Waals surface area contributed by atoms with E-state index in [0.29, 0.717) is 5.92 Å². The van der Waals surface area contributed by atoms with Crippen LogP contribution in [0.1, 0.15) is 41.7 Å². The molecule has 20 heavy (non-hydrogen) atoms. The second-order valence-corrected chi connectivity index (χ2v) is 5.69. The Morgan fingerprint density at radius 2 is 1.95 bits per heavy atom. The molecule has 0 radical (unpaired) electrons. The van der Waals surface area contributed by atoms with Gasteiger partial charge in [0.15, 0.2) is 0 Å². The number of hydrogen-bond donors (Lipinski definition) is 1. The number of rotatable bonds is 2. The number of aromatic nitrogens is 4. The molecule has 1 atom stereocenters. The highest BCUT2D eigenvalue weighted by molar-refractivity contribution is 5.34. The van der Waals surface area contributed by atoms with Crippen LogP contribution in [0.15, 0.2) is 12.3 Å². The summed E-state index contributed by atoms with van der Waals surface area (Å²) in [4.78, 5) is 19.3. The van der Waals surface area contributed by atoms with Crippen molar-refractivity contribution in [3.63, 3.8) is 0 Å². The molecular weight excluding hydrogens is 250 g/mol. The minimum absolute atomic E-state index is 0.446. The normalized spacial score (nSPS) is 19.4. The lowest BCUT2D eigenvalue weighted by molar-refractivity contribution is 0.487. The first-order chi connectivity index (χ1) is 9.61. The van der Waals surface area contributed by atoms with Crippen LogP contribution in [0.2, 0.25) is 0 Å². The van der Waals surface area contributed by atoms with Crippen molar-refractivity contribution in [2.45, 2.75) is 39.5 Å². The van der Waals surface area contributed by atoms with Crippen molar-refractivity contribution in [3.05, 3.63) is 35.2 Å². The fourth-order valence-electron chi connectivity index (χ4n) is 2.87. The van der Waals surface area contributed by atoms with Crippen LogP contribution >= 0.6 is 0 Å². The largest absolute Gasteiger partial charge is 0.346 e. The fraction of sp³-hybridized carbons (Fsp3) is 0.533. The van der Waals surface area contributed by atoms with Gasteiger partial charge in [-0.15, -0.1) is 0 Å². The standard InChI is InChI=1S/C15H21N5/c1-10-7-11(2)19-15(18-10)20-6-4-5-13(9-20)14-16-8-12(3)17-14/h7-8,13H,4-6,9H2,1-3H3,(H,16,17)/t13-/m0/s1. The van der Waals surface area contributed by atoms with Crippen LogP contribution in [0.3, 0.4) is 0 Å². The summed E-state index contributed by atoms with van der Waals surface area (Å²) in [6.07, 6.45) is 4.23. The van der Waals surface area contributed by atoms with Gasteiger partial charge < -0.3 is 9.88 Å². The van der Waals surface area contributed by atoms with E-state index >= 15 is 0 Å². The molecule has 3 heterocycles. The molecule has 0 saturated carbocycles. The summed E-state index contributed by atoms with van der Waals surface area (Å²) >= 11 is 0. The Morgan fingerprint density at radius 3 is 2.60 bits per heavy atom. The molecule has 0 unspecified atom stereocenters. The van der Waals surface area contributed by atoms with Crippen molar-refractivity contribution in [2.24, 2.45) is 0 Å². The van der Waals surface area contributed by atoms with Gasteiger partial charge in [-0.1, -0.05) is 0 Å². The molecule has 1 aliphatic heterocycles. The maximum atomic E-state index is 4.58. The zero-order chi connectivity index (χ0) is 14.1. The van der Waals surface area contributed by atoms with Crippen molar-refractivity contribution in [1.82, 2.24) is 19.9 Å². The number of hydrogen-bond acceptors (Lipinski definition) is 4. The fourth-order valence-corrected chi connectivity index (χ4v) is 2.87. The highest BCUT2D eigenvalue weighted by Crippen LogP contribution is 2.27. The van der Waals surface area contributed by atoms with E-state index in [1.807, 2.05) is 33.0 Å². The van der Waals surface area contributed by atoms with Gasteiger partial charge in [-0.2, -0.15) is 0 Å². The van der Waals surface area contributed by atoms with Gasteiger partial charge in [0.1, 0.15) is 5.82 Å². The Hall–Kier alpha value is -1.91. The van der Waals surface area contributed by atoms with Crippen LogP contribution in [0.25, 0.3) is 0 Å². The van der Waals surface area contributed by atoms with Crippen molar-refractivity contribution >= 4 is 5.95 Å². The Balaban J connectivity index is 1.81. The van der Waals surface area contributed by atoms with Gasteiger partial charge in [0, 0.05) is 42.3 Å². The third-order valence-corrected chi connectivity index (χ3v) is 3.78. The molecule has 5 heteroatoms. The quantitative estimate of drug-likeness (QED) is 0.911. The summed E-state index contributed by atoms with van der Waals surface area (Å²) in [5.74, 6) is 2.40. The summed E-state index contributed by atoms with van der Waals surface area (Å²) in [6.45, 7) is 8.06. The average molecular weight is 271 g/mol. The monoisotopic (exact) mass is 271 g/mol. The lowest BCUT2D eigenvalue weighted by Crippen LogP contribution is -2.36. The van der Waals surface area contributed by atoms with Crippen LogP contribution < -0.4 is 4.90 Å². The van der Waals surface area contributed by atoms with E-state index < -0.39 is 0 Å². The number of nitrogens with one attached hydrogen (secondary N) is 1. The van der Waals surface area contributed by atoms with Gasteiger partial charge >= 0.3 is 0 Å². The summed E-state index contributed by atoms with van der Waals surface area (Å²) < 4.78 is 0.